The van der Waals surface area contributed by atoms with Crippen LogP contribution >= 0.6 is 11.8 Å². The third-order valence-corrected chi connectivity index (χ3v) is 3.21. The second kappa shape index (κ2) is 7.80. The molecule has 0 saturated heterocycles. The van der Waals surface area contributed by atoms with Crippen molar-refractivity contribution in [2.24, 2.45) is 11.7 Å². The number of anilines is 1. The lowest BCUT2D eigenvalue weighted by Gasteiger charge is -2.12. The second-order valence-corrected chi connectivity index (χ2v) is 4.81. The fraction of sp³-hybridized carbons (Fsp3) is 0.357. The van der Waals surface area contributed by atoms with Gasteiger partial charge >= 0.3 is 0 Å². The fourth-order valence-electron chi connectivity index (χ4n) is 1.43. The molecule has 1 amide bonds. The smallest absolute Gasteiger partial charge is 0.228 e. The van der Waals surface area contributed by atoms with Crippen LogP contribution in [0.25, 0.3) is 0 Å². The topological polar surface area (TPSA) is 55.1 Å². The molecule has 0 saturated carbocycles. The average molecular weight is 262 g/mol. The predicted molar refractivity (Wildman–Crippen MR) is 78.6 cm³/mol. The van der Waals surface area contributed by atoms with E-state index in [9.17, 15) is 4.79 Å². The SMILES string of the molecule is CSCC(C)C(=O)Nc1ccccc1C#CCN. The Morgan fingerprint density at radius 3 is 2.89 bits per heavy atom. The minimum Gasteiger partial charge on any atom is -0.325 e. The molecule has 4 heteroatoms. The summed E-state index contributed by atoms with van der Waals surface area (Å²) in [6.45, 7) is 2.23. The molecule has 0 fully saturated rings. The third kappa shape index (κ3) is 4.44. The van der Waals surface area contributed by atoms with Crippen LogP contribution in [-0.4, -0.2) is 24.5 Å². The lowest BCUT2D eigenvalue weighted by molar-refractivity contribution is -0.118. The van der Waals surface area contributed by atoms with Crippen molar-refractivity contribution in [1.82, 2.24) is 0 Å². The zero-order valence-corrected chi connectivity index (χ0v) is 11.5. The Bertz CT molecular complexity index is 462. The molecule has 96 valence electrons. The molecule has 0 aliphatic heterocycles. The van der Waals surface area contributed by atoms with Crippen LogP contribution < -0.4 is 11.1 Å². The number of nitrogens with two attached hydrogens (primary N) is 1. The number of thioether (sulfide) groups is 1. The van der Waals surface area contributed by atoms with E-state index in [1.165, 1.54) is 0 Å². The number of rotatable bonds is 4. The number of benzene rings is 1. The van der Waals surface area contributed by atoms with Crippen molar-refractivity contribution in [2.45, 2.75) is 6.92 Å². The molecule has 0 aromatic heterocycles. The van der Waals surface area contributed by atoms with Gasteiger partial charge in [-0.2, -0.15) is 11.8 Å². The molecule has 1 unspecified atom stereocenters. The Kier molecular flexibility index (Phi) is 6.34. The lowest BCUT2D eigenvalue weighted by Crippen LogP contribution is -2.22. The van der Waals surface area contributed by atoms with Crippen LogP contribution in [0.15, 0.2) is 24.3 Å². The highest BCUT2D eigenvalue weighted by atomic mass is 32.2. The van der Waals surface area contributed by atoms with Gasteiger partial charge < -0.3 is 11.1 Å². The van der Waals surface area contributed by atoms with E-state index < -0.39 is 0 Å². The van der Waals surface area contributed by atoms with Gasteiger partial charge in [-0.25, -0.2) is 0 Å². The number of hydrogen-bond acceptors (Lipinski definition) is 3. The number of nitrogens with one attached hydrogen (secondary N) is 1. The average Bonchev–Trinajstić information content (AvgIpc) is 2.38. The maximum absolute atomic E-state index is 11.9. The molecule has 0 spiro atoms. The van der Waals surface area contributed by atoms with E-state index in [0.29, 0.717) is 6.54 Å². The van der Waals surface area contributed by atoms with Crippen LogP contribution in [0.2, 0.25) is 0 Å². The summed E-state index contributed by atoms with van der Waals surface area (Å²) in [7, 11) is 0. The van der Waals surface area contributed by atoms with Crippen molar-refractivity contribution in [3.8, 4) is 11.8 Å². The molecule has 0 heterocycles. The molecule has 0 radical (unpaired) electrons. The summed E-state index contributed by atoms with van der Waals surface area (Å²) in [6, 6.07) is 7.49. The van der Waals surface area contributed by atoms with E-state index >= 15 is 0 Å². The van der Waals surface area contributed by atoms with Crippen LogP contribution in [0.1, 0.15) is 12.5 Å². The van der Waals surface area contributed by atoms with Gasteiger partial charge in [-0.05, 0) is 18.4 Å². The normalized spacial score (nSPS) is 11.3. The van der Waals surface area contributed by atoms with Crippen molar-refractivity contribution in [3.05, 3.63) is 29.8 Å². The molecular weight excluding hydrogens is 244 g/mol. The van der Waals surface area contributed by atoms with E-state index in [1.54, 1.807) is 11.8 Å². The monoisotopic (exact) mass is 262 g/mol. The van der Waals surface area contributed by atoms with Gasteiger partial charge in [0.25, 0.3) is 0 Å². The molecule has 1 atom stereocenters. The number of amides is 1. The summed E-state index contributed by atoms with van der Waals surface area (Å²) in [6.07, 6.45) is 1.99. The number of para-hydroxylation sites is 1. The maximum Gasteiger partial charge on any atom is 0.228 e. The summed E-state index contributed by atoms with van der Waals surface area (Å²) < 4.78 is 0. The highest BCUT2D eigenvalue weighted by Crippen LogP contribution is 2.15. The van der Waals surface area contributed by atoms with Gasteiger partial charge in [0, 0.05) is 17.2 Å². The minimum absolute atomic E-state index is 0.0180. The number of hydrogen-bond donors (Lipinski definition) is 2. The van der Waals surface area contributed by atoms with Crippen LogP contribution in [-0.2, 0) is 4.79 Å². The molecule has 18 heavy (non-hydrogen) atoms. The van der Waals surface area contributed by atoms with Gasteiger partial charge in [0.05, 0.1) is 12.2 Å². The molecule has 1 rings (SSSR count). The summed E-state index contributed by atoms with van der Waals surface area (Å²) >= 11 is 1.66. The van der Waals surface area contributed by atoms with E-state index in [-0.39, 0.29) is 11.8 Å². The summed E-state index contributed by atoms with van der Waals surface area (Å²) in [5, 5.41) is 2.91. The van der Waals surface area contributed by atoms with Gasteiger partial charge in [-0.3, -0.25) is 4.79 Å². The molecule has 0 bridgehead atoms. The zero-order valence-electron chi connectivity index (χ0n) is 10.7. The molecule has 1 aromatic carbocycles. The Labute approximate surface area is 113 Å². The van der Waals surface area contributed by atoms with Crippen LogP contribution in [0.4, 0.5) is 5.69 Å². The zero-order chi connectivity index (χ0) is 13.4. The minimum atomic E-state index is -0.0180. The van der Waals surface area contributed by atoms with Crippen molar-refractivity contribution < 1.29 is 4.79 Å². The van der Waals surface area contributed by atoms with E-state index in [1.807, 2.05) is 37.4 Å². The predicted octanol–water partition coefficient (Wildman–Crippen LogP) is 1.93. The van der Waals surface area contributed by atoms with Gasteiger partial charge in [0.2, 0.25) is 5.91 Å². The lowest BCUT2D eigenvalue weighted by atomic mass is 10.1. The van der Waals surface area contributed by atoms with E-state index in [2.05, 4.69) is 17.2 Å². The second-order valence-electron chi connectivity index (χ2n) is 3.90. The third-order valence-electron chi connectivity index (χ3n) is 2.37. The first-order valence-corrected chi connectivity index (χ1v) is 7.16. The van der Waals surface area contributed by atoms with Gasteiger partial charge in [0.1, 0.15) is 0 Å². The van der Waals surface area contributed by atoms with Gasteiger partial charge in [-0.1, -0.05) is 30.9 Å². The Balaban J connectivity index is 2.81. The summed E-state index contributed by atoms with van der Waals surface area (Å²) in [5.41, 5.74) is 6.90. The Morgan fingerprint density at radius 2 is 2.22 bits per heavy atom. The molecule has 1 aromatic rings. The highest BCUT2D eigenvalue weighted by Gasteiger charge is 2.13. The molecule has 0 aliphatic rings. The van der Waals surface area contributed by atoms with E-state index in [4.69, 9.17) is 5.73 Å². The molecular formula is C14H18N2OS. The quantitative estimate of drug-likeness (QED) is 0.815. The van der Waals surface area contributed by atoms with E-state index in [0.717, 1.165) is 17.0 Å². The Morgan fingerprint density at radius 1 is 1.50 bits per heavy atom. The van der Waals surface area contributed by atoms with Crippen molar-refractivity contribution in [3.63, 3.8) is 0 Å². The highest BCUT2D eigenvalue weighted by molar-refractivity contribution is 7.98. The Hall–Kier alpha value is -1.44. The first kappa shape index (κ1) is 14.6. The first-order valence-electron chi connectivity index (χ1n) is 5.76. The van der Waals surface area contributed by atoms with Gasteiger partial charge in [-0.15, -0.1) is 0 Å². The van der Waals surface area contributed by atoms with Crippen molar-refractivity contribution in [2.75, 3.05) is 23.9 Å². The summed E-state index contributed by atoms with van der Waals surface area (Å²) in [4.78, 5) is 11.9. The van der Waals surface area contributed by atoms with Crippen molar-refractivity contribution >= 4 is 23.4 Å². The maximum atomic E-state index is 11.9. The number of carbonyl (C=O) groups is 1. The first-order chi connectivity index (χ1) is 8.69. The van der Waals surface area contributed by atoms with Crippen LogP contribution in [0.3, 0.4) is 0 Å². The van der Waals surface area contributed by atoms with Gasteiger partial charge in [0.15, 0.2) is 0 Å². The molecule has 3 nitrogen and oxygen atoms in total. The largest absolute Gasteiger partial charge is 0.325 e. The van der Waals surface area contributed by atoms with Crippen LogP contribution in [0, 0.1) is 17.8 Å². The number of carbonyl (C=O) groups excluding carboxylic acids is 1. The standard InChI is InChI=1S/C14H18N2OS/c1-11(10-18-2)14(17)16-13-8-4-3-6-12(13)7-5-9-15/h3-4,6,8,11H,9-10,15H2,1-2H3,(H,16,17). The fourth-order valence-corrected chi connectivity index (χ4v) is 2.08. The molecule has 3 N–H and O–H groups in total. The van der Waals surface area contributed by atoms with Crippen molar-refractivity contribution in [1.29, 1.82) is 0 Å². The summed E-state index contributed by atoms with van der Waals surface area (Å²) in [5.74, 6) is 6.56. The molecule has 0 aliphatic carbocycles. The van der Waals surface area contributed by atoms with Crippen LogP contribution in [0.5, 0.6) is 0 Å².